The van der Waals surface area contributed by atoms with Gasteiger partial charge in [0.1, 0.15) is 0 Å². The highest BCUT2D eigenvalue weighted by molar-refractivity contribution is 5.34. The highest BCUT2D eigenvalue weighted by Gasteiger charge is 2.54. The summed E-state index contributed by atoms with van der Waals surface area (Å²) >= 11 is 0. The minimum atomic E-state index is -0.0335. The summed E-state index contributed by atoms with van der Waals surface area (Å²) in [6, 6.07) is 0. The molecule has 0 saturated heterocycles. The van der Waals surface area contributed by atoms with E-state index in [4.69, 9.17) is 0 Å². The SMILES string of the molecule is O[C@H]1C(=C2C3CC4CC(C3)CC2C4)[C@@H]2C[C@H]3C[C@@H](C2)[C@@H]1C3. The van der Waals surface area contributed by atoms with E-state index in [1.165, 1.54) is 57.8 Å². The molecule has 1 heteroatoms. The fourth-order valence-corrected chi connectivity index (χ4v) is 8.29. The predicted octanol–water partition coefficient (Wildman–Crippen LogP) is 4.17. The molecule has 7 saturated carbocycles. The van der Waals surface area contributed by atoms with Gasteiger partial charge in [-0.1, -0.05) is 5.57 Å². The average molecular weight is 284 g/mol. The Balaban J connectivity index is 1.47. The number of hydrogen-bond acceptors (Lipinski definition) is 1. The highest BCUT2D eigenvalue weighted by Crippen LogP contribution is 2.62. The smallest absolute Gasteiger partial charge is 0.0786 e. The standard InChI is InChI=1S/C20H28O/c21-20-17-8-12-2-13(17)9-16(7-12)19(20)18-14-3-10-1-11(5-14)6-15(18)4-10/h10-17,20-21H,1-9H2/t10?,11?,12-,13+,14?,15?,16-,17+,20-/m1/s1. The predicted molar refractivity (Wildman–Crippen MR) is 82.5 cm³/mol. The molecule has 7 aliphatic carbocycles. The summed E-state index contributed by atoms with van der Waals surface area (Å²) in [5, 5.41) is 11.2. The van der Waals surface area contributed by atoms with Crippen LogP contribution in [0.1, 0.15) is 57.8 Å². The zero-order valence-corrected chi connectivity index (χ0v) is 13.0. The van der Waals surface area contributed by atoms with Gasteiger partial charge in [0.2, 0.25) is 0 Å². The molecule has 0 heterocycles. The van der Waals surface area contributed by atoms with Crippen LogP contribution in [-0.2, 0) is 0 Å². The lowest BCUT2D eigenvalue weighted by atomic mass is 9.51. The van der Waals surface area contributed by atoms with Crippen LogP contribution < -0.4 is 0 Å². The Kier molecular flexibility index (Phi) is 2.29. The Morgan fingerprint density at radius 1 is 0.571 bits per heavy atom. The maximum atomic E-state index is 11.2. The number of fused-ring (bicyclic) bond motifs is 2. The number of hydrogen-bond donors (Lipinski definition) is 1. The van der Waals surface area contributed by atoms with Crippen LogP contribution in [0.25, 0.3) is 0 Å². The molecule has 7 aliphatic rings. The lowest BCUT2D eigenvalue weighted by Crippen LogP contribution is -2.45. The van der Waals surface area contributed by atoms with Gasteiger partial charge in [0.05, 0.1) is 6.10 Å². The van der Waals surface area contributed by atoms with Gasteiger partial charge in [-0.15, -0.1) is 0 Å². The van der Waals surface area contributed by atoms with Gasteiger partial charge in [0.25, 0.3) is 0 Å². The summed E-state index contributed by atoms with van der Waals surface area (Å²) < 4.78 is 0. The van der Waals surface area contributed by atoms with E-state index in [2.05, 4.69) is 0 Å². The molecular weight excluding hydrogens is 256 g/mol. The largest absolute Gasteiger partial charge is 0.388 e. The number of rotatable bonds is 0. The van der Waals surface area contributed by atoms with Crippen LogP contribution in [0.4, 0.5) is 0 Å². The fourth-order valence-electron chi connectivity index (χ4n) is 8.29. The second kappa shape index (κ2) is 3.96. The molecule has 0 amide bonds. The van der Waals surface area contributed by atoms with Crippen molar-refractivity contribution in [3.8, 4) is 0 Å². The molecule has 114 valence electrons. The van der Waals surface area contributed by atoms with Crippen LogP contribution in [0.3, 0.4) is 0 Å². The molecule has 0 aromatic rings. The summed E-state index contributed by atoms with van der Waals surface area (Å²) in [6.07, 6.45) is 13.1. The zero-order chi connectivity index (χ0) is 13.7. The highest BCUT2D eigenvalue weighted by atomic mass is 16.3. The van der Waals surface area contributed by atoms with Gasteiger partial charge >= 0.3 is 0 Å². The maximum Gasteiger partial charge on any atom is 0.0786 e. The van der Waals surface area contributed by atoms with Crippen LogP contribution >= 0.6 is 0 Å². The first-order valence-electron chi connectivity index (χ1n) is 9.68. The molecule has 7 bridgehead atoms. The van der Waals surface area contributed by atoms with Gasteiger partial charge in [0.15, 0.2) is 0 Å². The van der Waals surface area contributed by atoms with Crippen LogP contribution in [0.2, 0.25) is 0 Å². The Bertz CT molecular complexity index is 482. The van der Waals surface area contributed by atoms with Gasteiger partial charge in [-0.25, -0.2) is 0 Å². The maximum absolute atomic E-state index is 11.2. The first-order valence-corrected chi connectivity index (χ1v) is 9.68. The first kappa shape index (κ1) is 12.2. The molecule has 0 aromatic carbocycles. The molecule has 1 N–H and O–H groups in total. The van der Waals surface area contributed by atoms with Gasteiger partial charge in [-0.3, -0.25) is 0 Å². The molecular formula is C20H28O. The summed E-state index contributed by atoms with van der Waals surface area (Å²) in [5.41, 5.74) is 3.47. The Hall–Kier alpha value is -0.300. The van der Waals surface area contributed by atoms with Crippen LogP contribution in [0.5, 0.6) is 0 Å². The molecule has 0 aromatic heterocycles. The zero-order valence-electron chi connectivity index (χ0n) is 13.0. The van der Waals surface area contributed by atoms with Gasteiger partial charge in [-0.05, 0) is 111 Å². The summed E-state index contributed by atoms with van der Waals surface area (Å²) in [5.74, 6) is 7.15. The normalized spacial score (nSPS) is 60.1. The molecule has 1 nitrogen and oxygen atoms in total. The summed E-state index contributed by atoms with van der Waals surface area (Å²) in [4.78, 5) is 0. The van der Waals surface area contributed by atoms with E-state index >= 15 is 0 Å². The van der Waals surface area contributed by atoms with Gasteiger partial charge in [-0.2, -0.15) is 0 Å². The summed E-state index contributed by atoms with van der Waals surface area (Å²) in [6.45, 7) is 0. The quantitative estimate of drug-likeness (QED) is 0.662. The molecule has 7 rings (SSSR count). The van der Waals surface area contributed by atoms with Crippen LogP contribution in [-0.4, -0.2) is 11.2 Å². The lowest BCUT2D eigenvalue weighted by molar-refractivity contribution is 0.0421. The van der Waals surface area contributed by atoms with Crippen molar-refractivity contribution < 1.29 is 5.11 Å². The van der Waals surface area contributed by atoms with Crippen molar-refractivity contribution in [1.29, 1.82) is 0 Å². The third kappa shape index (κ3) is 1.52. The molecule has 0 aliphatic heterocycles. The van der Waals surface area contributed by atoms with Crippen LogP contribution in [0.15, 0.2) is 11.1 Å². The molecule has 0 unspecified atom stereocenters. The lowest BCUT2D eigenvalue weighted by Gasteiger charge is -2.54. The Morgan fingerprint density at radius 2 is 1.14 bits per heavy atom. The van der Waals surface area contributed by atoms with Crippen molar-refractivity contribution in [3.63, 3.8) is 0 Å². The molecule has 0 radical (unpaired) electrons. The van der Waals surface area contributed by atoms with Gasteiger partial charge in [0, 0.05) is 0 Å². The first-order chi connectivity index (χ1) is 10.3. The van der Waals surface area contributed by atoms with Crippen molar-refractivity contribution in [1.82, 2.24) is 0 Å². The third-order valence-corrected chi connectivity index (χ3v) is 8.57. The van der Waals surface area contributed by atoms with E-state index in [-0.39, 0.29) is 6.10 Å². The topological polar surface area (TPSA) is 20.2 Å². The fraction of sp³-hybridized carbons (Fsp3) is 0.900. The van der Waals surface area contributed by atoms with E-state index in [0.29, 0.717) is 5.92 Å². The van der Waals surface area contributed by atoms with Crippen molar-refractivity contribution in [2.24, 2.45) is 47.3 Å². The minimum absolute atomic E-state index is 0.0335. The van der Waals surface area contributed by atoms with E-state index < -0.39 is 0 Å². The second-order valence-electron chi connectivity index (χ2n) is 9.59. The van der Waals surface area contributed by atoms with Crippen molar-refractivity contribution in [2.45, 2.75) is 63.9 Å². The van der Waals surface area contributed by atoms with E-state index in [0.717, 1.165) is 41.4 Å². The Labute approximate surface area is 128 Å². The van der Waals surface area contributed by atoms with E-state index in [9.17, 15) is 5.11 Å². The van der Waals surface area contributed by atoms with Crippen molar-refractivity contribution >= 4 is 0 Å². The molecule has 0 spiro atoms. The van der Waals surface area contributed by atoms with Gasteiger partial charge < -0.3 is 5.11 Å². The van der Waals surface area contributed by atoms with E-state index in [1.807, 2.05) is 5.57 Å². The second-order valence-corrected chi connectivity index (χ2v) is 9.59. The number of aliphatic hydroxyl groups is 1. The van der Waals surface area contributed by atoms with Crippen LogP contribution in [0, 0.1) is 47.3 Å². The van der Waals surface area contributed by atoms with Crippen molar-refractivity contribution in [2.75, 3.05) is 0 Å². The molecule has 21 heavy (non-hydrogen) atoms. The average Bonchev–Trinajstić information content (AvgIpc) is 2.70. The summed E-state index contributed by atoms with van der Waals surface area (Å²) in [7, 11) is 0. The Morgan fingerprint density at radius 3 is 1.81 bits per heavy atom. The van der Waals surface area contributed by atoms with Crippen molar-refractivity contribution in [3.05, 3.63) is 11.1 Å². The molecule has 5 atom stereocenters. The third-order valence-electron chi connectivity index (χ3n) is 8.57. The minimum Gasteiger partial charge on any atom is -0.388 e. The number of allylic oxidation sites excluding steroid dienone is 1. The van der Waals surface area contributed by atoms with E-state index in [1.54, 1.807) is 5.57 Å². The molecule has 7 fully saturated rings. The monoisotopic (exact) mass is 284 g/mol. The number of aliphatic hydroxyl groups excluding tert-OH is 1.